The van der Waals surface area contributed by atoms with Crippen LogP contribution in [0.15, 0.2) is 42.5 Å². The number of carbonyl (C=O) groups is 1. The summed E-state index contributed by atoms with van der Waals surface area (Å²) in [7, 11) is 4.66. The maximum absolute atomic E-state index is 12.2. The molecule has 4 nitrogen and oxygen atoms in total. The smallest absolute Gasteiger partial charge is 0.185 e. The second-order valence-electron chi connectivity index (χ2n) is 4.65. The fourth-order valence-electron chi connectivity index (χ4n) is 2.03. The Morgan fingerprint density at radius 3 is 2.17 bits per heavy atom. The first kappa shape index (κ1) is 16.9. The van der Waals surface area contributed by atoms with Crippen molar-refractivity contribution in [2.75, 3.05) is 21.3 Å². The van der Waals surface area contributed by atoms with Gasteiger partial charge in [-0.1, -0.05) is 11.6 Å². The SMILES string of the molecule is COc1ccc(C(=O)/C=C/c2cc(Cl)c(OC)cc2OC)cc1. The molecule has 0 saturated heterocycles. The first-order chi connectivity index (χ1) is 11.1. The number of rotatable bonds is 6. The van der Waals surface area contributed by atoms with Crippen LogP contribution in [0.4, 0.5) is 0 Å². The van der Waals surface area contributed by atoms with E-state index >= 15 is 0 Å². The summed E-state index contributed by atoms with van der Waals surface area (Å²) in [4.78, 5) is 12.2. The molecule has 0 fully saturated rings. The number of ether oxygens (including phenoxy) is 3. The van der Waals surface area contributed by atoms with Crippen molar-refractivity contribution < 1.29 is 19.0 Å². The fourth-order valence-corrected chi connectivity index (χ4v) is 2.28. The Kier molecular flexibility index (Phi) is 5.66. The van der Waals surface area contributed by atoms with E-state index in [1.54, 1.807) is 56.7 Å². The number of hydrogen-bond donors (Lipinski definition) is 0. The second kappa shape index (κ2) is 7.70. The van der Waals surface area contributed by atoms with Gasteiger partial charge in [-0.15, -0.1) is 0 Å². The lowest BCUT2D eigenvalue weighted by atomic mass is 10.1. The molecule has 23 heavy (non-hydrogen) atoms. The summed E-state index contributed by atoms with van der Waals surface area (Å²) in [6, 6.07) is 10.3. The van der Waals surface area contributed by atoms with Crippen LogP contribution in [0.2, 0.25) is 5.02 Å². The highest BCUT2D eigenvalue weighted by atomic mass is 35.5. The van der Waals surface area contributed by atoms with Crippen LogP contribution in [-0.2, 0) is 0 Å². The van der Waals surface area contributed by atoms with Crippen molar-refractivity contribution in [3.63, 3.8) is 0 Å². The highest BCUT2D eigenvalue weighted by molar-refractivity contribution is 6.32. The Balaban J connectivity index is 2.24. The summed E-state index contributed by atoms with van der Waals surface area (Å²) in [6.07, 6.45) is 3.14. The Hall–Kier alpha value is -2.46. The van der Waals surface area contributed by atoms with Crippen LogP contribution in [0.5, 0.6) is 17.2 Å². The van der Waals surface area contributed by atoms with Crippen LogP contribution in [0.1, 0.15) is 15.9 Å². The number of halogens is 1. The topological polar surface area (TPSA) is 44.8 Å². The molecule has 5 heteroatoms. The van der Waals surface area contributed by atoms with Gasteiger partial charge in [-0.2, -0.15) is 0 Å². The Morgan fingerprint density at radius 2 is 1.61 bits per heavy atom. The lowest BCUT2D eigenvalue weighted by molar-refractivity contribution is 0.104. The van der Waals surface area contributed by atoms with E-state index in [2.05, 4.69) is 0 Å². The molecule has 0 atom stereocenters. The standard InChI is InChI=1S/C18H17ClO4/c1-21-14-7-4-12(5-8-14)16(20)9-6-13-10-15(19)18(23-3)11-17(13)22-2/h4-11H,1-3H3/b9-6+. The Morgan fingerprint density at radius 1 is 0.957 bits per heavy atom. The molecule has 2 rings (SSSR count). The summed E-state index contributed by atoms with van der Waals surface area (Å²) >= 11 is 6.11. The zero-order valence-electron chi connectivity index (χ0n) is 13.1. The van der Waals surface area contributed by atoms with Crippen molar-refractivity contribution in [1.82, 2.24) is 0 Å². The molecule has 0 saturated carbocycles. The van der Waals surface area contributed by atoms with Crippen molar-refractivity contribution >= 4 is 23.5 Å². The van der Waals surface area contributed by atoms with Crippen LogP contribution in [-0.4, -0.2) is 27.1 Å². The minimum Gasteiger partial charge on any atom is -0.497 e. The molecule has 0 N–H and O–H groups in total. The van der Waals surface area contributed by atoms with Gasteiger partial charge in [0.15, 0.2) is 5.78 Å². The van der Waals surface area contributed by atoms with Gasteiger partial charge in [-0.25, -0.2) is 0 Å². The lowest BCUT2D eigenvalue weighted by Gasteiger charge is -2.09. The third kappa shape index (κ3) is 4.05. The van der Waals surface area contributed by atoms with Crippen LogP contribution >= 0.6 is 11.6 Å². The van der Waals surface area contributed by atoms with E-state index in [0.29, 0.717) is 33.4 Å². The number of carbonyl (C=O) groups excluding carboxylic acids is 1. The molecule has 0 radical (unpaired) electrons. The van der Waals surface area contributed by atoms with Crippen molar-refractivity contribution in [3.05, 3.63) is 58.6 Å². The summed E-state index contributed by atoms with van der Waals surface area (Å²) < 4.78 is 15.5. The normalized spacial score (nSPS) is 10.6. The first-order valence-corrected chi connectivity index (χ1v) is 7.24. The van der Waals surface area contributed by atoms with Gasteiger partial charge in [0, 0.05) is 17.2 Å². The zero-order chi connectivity index (χ0) is 16.8. The van der Waals surface area contributed by atoms with Gasteiger partial charge in [0.1, 0.15) is 17.2 Å². The van der Waals surface area contributed by atoms with Gasteiger partial charge in [-0.3, -0.25) is 4.79 Å². The largest absolute Gasteiger partial charge is 0.497 e. The Labute approximate surface area is 140 Å². The quantitative estimate of drug-likeness (QED) is 0.585. The van der Waals surface area contributed by atoms with E-state index in [1.165, 1.54) is 13.2 Å². The molecule has 2 aromatic rings. The van der Waals surface area contributed by atoms with Gasteiger partial charge in [0.05, 0.1) is 26.4 Å². The number of methoxy groups -OCH3 is 3. The average molecular weight is 333 g/mol. The summed E-state index contributed by atoms with van der Waals surface area (Å²) in [5.41, 5.74) is 1.26. The van der Waals surface area contributed by atoms with E-state index in [-0.39, 0.29) is 5.78 Å². The van der Waals surface area contributed by atoms with Gasteiger partial charge >= 0.3 is 0 Å². The predicted octanol–water partition coefficient (Wildman–Crippen LogP) is 4.26. The van der Waals surface area contributed by atoms with Crippen LogP contribution < -0.4 is 14.2 Å². The van der Waals surface area contributed by atoms with Crippen molar-refractivity contribution in [1.29, 1.82) is 0 Å². The molecule has 0 aliphatic carbocycles. The van der Waals surface area contributed by atoms with E-state index in [0.717, 1.165) is 0 Å². The molecule has 0 aliphatic heterocycles. The van der Waals surface area contributed by atoms with E-state index in [1.807, 2.05) is 0 Å². The Bertz CT molecular complexity index is 721. The van der Waals surface area contributed by atoms with Crippen molar-refractivity contribution in [2.24, 2.45) is 0 Å². The molecule has 0 spiro atoms. The van der Waals surface area contributed by atoms with E-state index < -0.39 is 0 Å². The minimum atomic E-state index is -0.123. The first-order valence-electron chi connectivity index (χ1n) is 6.87. The van der Waals surface area contributed by atoms with Gasteiger partial charge in [0.2, 0.25) is 0 Å². The number of benzene rings is 2. The summed E-state index contributed by atoms with van der Waals surface area (Å²) in [5.74, 6) is 1.67. The van der Waals surface area contributed by atoms with E-state index in [4.69, 9.17) is 25.8 Å². The molecule has 120 valence electrons. The monoisotopic (exact) mass is 332 g/mol. The average Bonchev–Trinajstić information content (AvgIpc) is 2.59. The molecule has 0 aliphatic rings. The van der Waals surface area contributed by atoms with Gasteiger partial charge in [0.25, 0.3) is 0 Å². The zero-order valence-corrected chi connectivity index (χ0v) is 13.9. The maximum atomic E-state index is 12.2. The molecular weight excluding hydrogens is 316 g/mol. The maximum Gasteiger partial charge on any atom is 0.185 e. The molecule has 2 aromatic carbocycles. The summed E-state index contributed by atoms with van der Waals surface area (Å²) in [6.45, 7) is 0. The van der Waals surface area contributed by atoms with E-state index in [9.17, 15) is 4.79 Å². The highest BCUT2D eigenvalue weighted by Crippen LogP contribution is 2.33. The number of hydrogen-bond acceptors (Lipinski definition) is 4. The second-order valence-corrected chi connectivity index (χ2v) is 5.06. The lowest BCUT2D eigenvalue weighted by Crippen LogP contribution is -1.95. The van der Waals surface area contributed by atoms with Gasteiger partial charge in [-0.05, 0) is 42.5 Å². The van der Waals surface area contributed by atoms with Crippen molar-refractivity contribution in [3.8, 4) is 17.2 Å². The molecule has 0 amide bonds. The number of allylic oxidation sites excluding steroid dienone is 1. The van der Waals surface area contributed by atoms with Crippen molar-refractivity contribution in [2.45, 2.75) is 0 Å². The number of ketones is 1. The minimum absolute atomic E-state index is 0.123. The summed E-state index contributed by atoms with van der Waals surface area (Å²) in [5, 5.41) is 0.449. The molecule has 0 unspecified atom stereocenters. The molecule has 0 bridgehead atoms. The van der Waals surface area contributed by atoms with Gasteiger partial charge < -0.3 is 14.2 Å². The highest BCUT2D eigenvalue weighted by Gasteiger charge is 2.09. The molecular formula is C18H17ClO4. The third-order valence-electron chi connectivity index (χ3n) is 3.29. The molecule has 0 aromatic heterocycles. The van der Waals surface area contributed by atoms with Crippen LogP contribution in [0.25, 0.3) is 6.08 Å². The molecule has 0 heterocycles. The third-order valence-corrected chi connectivity index (χ3v) is 3.59. The van der Waals surface area contributed by atoms with Crippen LogP contribution in [0.3, 0.4) is 0 Å². The predicted molar refractivity (Wildman–Crippen MR) is 90.9 cm³/mol. The fraction of sp³-hybridized carbons (Fsp3) is 0.167. The van der Waals surface area contributed by atoms with Crippen LogP contribution in [0, 0.1) is 0 Å².